The van der Waals surface area contributed by atoms with Crippen LogP contribution in [0.3, 0.4) is 0 Å². The zero-order valence-corrected chi connectivity index (χ0v) is 31.0. The molecule has 7 heteroatoms. The summed E-state index contributed by atoms with van der Waals surface area (Å²) < 4.78 is 28.0. The van der Waals surface area contributed by atoms with Gasteiger partial charge >= 0.3 is 0 Å². The lowest BCUT2D eigenvalue weighted by atomic mass is 9.43. The van der Waals surface area contributed by atoms with Crippen molar-refractivity contribution in [2.75, 3.05) is 0 Å². The van der Waals surface area contributed by atoms with E-state index < -0.39 is 22.4 Å². The summed E-state index contributed by atoms with van der Waals surface area (Å²) in [6.07, 6.45) is 6.43. The molecule has 0 aromatic rings. The van der Waals surface area contributed by atoms with Crippen molar-refractivity contribution in [3.63, 3.8) is 0 Å². The Bertz CT molecular complexity index is 998. The van der Waals surface area contributed by atoms with E-state index in [0.29, 0.717) is 23.9 Å². The van der Waals surface area contributed by atoms with Crippen LogP contribution in [0.15, 0.2) is 0 Å². The summed E-state index contributed by atoms with van der Waals surface area (Å²) in [5, 5.41) is 12.5. The van der Waals surface area contributed by atoms with Crippen molar-refractivity contribution in [1.82, 2.24) is 0 Å². The van der Waals surface area contributed by atoms with E-state index in [1.165, 1.54) is 12.8 Å². The molecule has 1 saturated heterocycles. The molecule has 5 aliphatic rings. The molecule has 5 rings (SSSR count). The van der Waals surface area contributed by atoms with E-state index in [1.54, 1.807) is 0 Å². The molecule has 4 aliphatic carbocycles. The van der Waals surface area contributed by atoms with Gasteiger partial charge in [0.1, 0.15) is 0 Å². The summed E-state index contributed by atoms with van der Waals surface area (Å²) in [5.74, 6) is 0.987. The van der Waals surface area contributed by atoms with Crippen molar-refractivity contribution in [2.24, 2.45) is 34.5 Å². The van der Waals surface area contributed by atoms with Gasteiger partial charge in [0, 0.05) is 11.5 Å². The second-order valence-corrected chi connectivity index (χ2v) is 28.3. The van der Waals surface area contributed by atoms with Crippen molar-refractivity contribution in [3.8, 4) is 0 Å². The lowest BCUT2D eigenvalue weighted by molar-refractivity contribution is -0.226. The average Bonchev–Trinajstić information content (AvgIpc) is 3.29. The molecule has 5 nitrogen and oxygen atoms in total. The highest BCUT2D eigenvalue weighted by Crippen LogP contribution is 2.69. The molecule has 1 N–H and O–H groups in total. The number of aliphatic hydroxyl groups is 1. The zero-order chi connectivity index (χ0) is 30.8. The predicted octanol–water partition coefficient (Wildman–Crippen LogP) is 8.52. The third-order valence-electron chi connectivity index (χ3n) is 14.0. The molecule has 4 saturated carbocycles. The largest absolute Gasteiger partial charge is 0.414 e. The molecular formula is C34H64O5Si2. The van der Waals surface area contributed by atoms with Crippen LogP contribution in [0, 0.1) is 34.5 Å². The molecule has 0 amide bonds. The zero-order valence-electron chi connectivity index (χ0n) is 29.0. The number of fused-ring (bicyclic) bond motifs is 8. The van der Waals surface area contributed by atoms with E-state index in [-0.39, 0.29) is 51.2 Å². The Morgan fingerprint density at radius 2 is 1.27 bits per heavy atom. The van der Waals surface area contributed by atoms with Gasteiger partial charge in [0.05, 0.1) is 24.4 Å². The molecule has 0 aromatic heterocycles. The standard InChI is InChI=1S/C34H64O5Si2/c1-30(2,3)40(11,12)38-21-19-24-28-29(37-32(7,8)36-28)27-22-15-16-26(39-41(13,14)31(4,5)6)33(22,9)18-17-23(27)34(24,10)25(35)20-21/h21-29,35H,15-20H2,1-14H3/t21?,22?,23?,24?,25?,26?,27?,28?,29?,33-,34+/m0/s1. The minimum Gasteiger partial charge on any atom is -0.414 e. The van der Waals surface area contributed by atoms with E-state index in [2.05, 4.69) is 95.4 Å². The smallest absolute Gasteiger partial charge is 0.192 e. The fourth-order valence-electron chi connectivity index (χ4n) is 9.57. The molecular weight excluding hydrogens is 545 g/mol. The quantitative estimate of drug-likeness (QED) is 0.324. The molecule has 9 unspecified atom stereocenters. The Morgan fingerprint density at radius 3 is 1.85 bits per heavy atom. The van der Waals surface area contributed by atoms with Crippen LogP contribution < -0.4 is 0 Å². The maximum atomic E-state index is 12.1. The molecule has 0 bridgehead atoms. The van der Waals surface area contributed by atoms with Crippen LogP contribution in [-0.4, -0.2) is 58.0 Å². The first kappa shape index (κ1) is 32.6. The Balaban J connectivity index is 1.47. The molecule has 0 aromatic carbocycles. The van der Waals surface area contributed by atoms with Crippen molar-refractivity contribution in [2.45, 2.75) is 180 Å². The Morgan fingerprint density at radius 1 is 0.707 bits per heavy atom. The van der Waals surface area contributed by atoms with Crippen molar-refractivity contribution in [1.29, 1.82) is 0 Å². The fraction of sp³-hybridized carbons (Fsp3) is 1.00. The molecule has 1 aliphatic heterocycles. The summed E-state index contributed by atoms with van der Waals surface area (Å²) in [6, 6.07) is 0. The lowest BCUT2D eigenvalue weighted by Crippen LogP contribution is -2.67. The predicted molar refractivity (Wildman–Crippen MR) is 172 cm³/mol. The first-order valence-electron chi connectivity index (χ1n) is 16.8. The Kier molecular flexibility index (Phi) is 7.85. The maximum absolute atomic E-state index is 12.1. The molecule has 1 heterocycles. The monoisotopic (exact) mass is 608 g/mol. The minimum absolute atomic E-state index is 0.000532. The molecule has 0 spiro atoms. The van der Waals surface area contributed by atoms with Gasteiger partial charge in [0.2, 0.25) is 0 Å². The third kappa shape index (κ3) is 5.11. The number of aliphatic hydroxyl groups excluding tert-OH is 1. The third-order valence-corrected chi connectivity index (χ3v) is 23.0. The SMILES string of the molecule is CC1(C)OC2C(O1)C1CC(O[Si](C)(C)C(C)(C)C)CC(O)[C@]1(C)C1CC[C@]3(C)C(O[Si](C)(C)C(C)(C)C)CCC3C21. The molecule has 0 radical (unpaired) electrons. The number of hydrogen-bond donors (Lipinski definition) is 1. The van der Waals surface area contributed by atoms with Crippen LogP contribution in [0.4, 0.5) is 0 Å². The van der Waals surface area contributed by atoms with Crippen molar-refractivity contribution < 1.29 is 23.4 Å². The summed E-state index contributed by atoms with van der Waals surface area (Å²) in [4.78, 5) is 0. The average molecular weight is 609 g/mol. The van der Waals surface area contributed by atoms with Gasteiger partial charge in [-0.3, -0.25) is 0 Å². The summed E-state index contributed by atoms with van der Waals surface area (Å²) in [7, 11) is -3.85. The van der Waals surface area contributed by atoms with Crippen LogP contribution in [-0.2, 0) is 18.3 Å². The summed E-state index contributed by atoms with van der Waals surface area (Å²) in [6.45, 7) is 32.6. The van der Waals surface area contributed by atoms with Crippen molar-refractivity contribution >= 4 is 16.6 Å². The Hall–Kier alpha value is 0.234. The van der Waals surface area contributed by atoms with Gasteiger partial charge in [-0.15, -0.1) is 0 Å². The first-order valence-corrected chi connectivity index (χ1v) is 22.7. The van der Waals surface area contributed by atoms with Crippen LogP contribution in [0.5, 0.6) is 0 Å². The minimum atomic E-state index is -1.96. The first-order chi connectivity index (χ1) is 18.4. The molecule has 238 valence electrons. The van der Waals surface area contributed by atoms with Crippen LogP contribution in [0.1, 0.15) is 108 Å². The van der Waals surface area contributed by atoms with Gasteiger partial charge in [0.25, 0.3) is 0 Å². The van der Waals surface area contributed by atoms with Gasteiger partial charge < -0.3 is 23.4 Å². The summed E-state index contributed by atoms with van der Waals surface area (Å²) >= 11 is 0. The van der Waals surface area contributed by atoms with Crippen molar-refractivity contribution in [3.05, 3.63) is 0 Å². The fourth-order valence-corrected chi connectivity index (χ4v) is 12.4. The number of ether oxygens (including phenoxy) is 2. The van der Waals surface area contributed by atoms with E-state index in [0.717, 1.165) is 25.7 Å². The second kappa shape index (κ2) is 9.86. The van der Waals surface area contributed by atoms with E-state index >= 15 is 0 Å². The number of hydrogen-bond acceptors (Lipinski definition) is 5. The highest BCUT2D eigenvalue weighted by Gasteiger charge is 2.71. The maximum Gasteiger partial charge on any atom is 0.192 e. The molecule has 41 heavy (non-hydrogen) atoms. The molecule has 5 fully saturated rings. The van der Waals surface area contributed by atoms with E-state index in [4.69, 9.17) is 18.3 Å². The van der Waals surface area contributed by atoms with Crippen LogP contribution in [0.2, 0.25) is 36.3 Å². The van der Waals surface area contributed by atoms with E-state index in [1.807, 2.05) is 0 Å². The number of rotatable bonds is 4. The van der Waals surface area contributed by atoms with Gasteiger partial charge in [-0.05, 0) is 118 Å². The van der Waals surface area contributed by atoms with E-state index in [9.17, 15) is 5.11 Å². The molecule has 11 atom stereocenters. The Labute approximate surface area is 254 Å². The van der Waals surface area contributed by atoms with Crippen LogP contribution >= 0.6 is 0 Å². The second-order valence-electron chi connectivity index (χ2n) is 18.8. The van der Waals surface area contributed by atoms with Crippen LogP contribution in [0.25, 0.3) is 0 Å². The van der Waals surface area contributed by atoms with Gasteiger partial charge in [0.15, 0.2) is 22.4 Å². The van der Waals surface area contributed by atoms with Gasteiger partial charge in [-0.25, -0.2) is 0 Å². The van der Waals surface area contributed by atoms with Gasteiger partial charge in [-0.2, -0.15) is 0 Å². The highest BCUT2D eigenvalue weighted by atomic mass is 28.4. The highest BCUT2D eigenvalue weighted by molar-refractivity contribution is 6.74. The summed E-state index contributed by atoms with van der Waals surface area (Å²) in [5.41, 5.74) is -0.0449. The normalized spacial score (nSPS) is 46.5. The lowest BCUT2D eigenvalue weighted by Gasteiger charge is -2.65. The topological polar surface area (TPSA) is 57.2 Å². The van der Waals surface area contributed by atoms with Gasteiger partial charge in [-0.1, -0.05) is 55.4 Å².